The fourth-order valence-electron chi connectivity index (χ4n) is 8.37. The minimum atomic E-state index is 0.702. The minimum absolute atomic E-state index is 0.702. The Morgan fingerprint density at radius 3 is 1.49 bits per heavy atom. The molecular weight excluding hydrogens is 719 g/mol. The Hall–Kier alpha value is -7.89. The lowest BCUT2D eigenvalue weighted by atomic mass is 9.95. The van der Waals surface area contributed by atoms with Crippen molar-refractivity contribution in [2.75, 3.05) is 0 Å². The fourth-order valence-corrected chi connectivity index (χ4v) is 8.37. The van der Waals surface area contributed by atoms with Crippen molar-refractivity contribution in [1.82, 2.24) is 24.8 Å². The first-order valence-corrected chi connectivity index (χ1v) is 20.0. The maximum absolute atomic E-state index is 5.38. The lowest BCUT2D eigenvalue weighted by Gasteiger charge is -2.19. The number of fused-ring (bicyclic) bond motifs is 6. The van der Waals surface area contributed by atoms with Crippen LogP contribution in [-0.2, 0) is 6.54 Å². The summed E-state index contributed by atoms with van der Waals surface area (Å²) in [5.41, 5.74) is 16.3. The third-order valence-corrected chi connectivity index (χ3v) is 11.3. The van der Waals surface area contributed by atoms with Gasteiger partial charge in [-0.1, -0.05) is 176 Å². The van der Waals surface area contributed by atoms with Crippen LogP contribution in [-0.4, -0.2) is 19.5 Å². The average Bonchev–Trinajstić information content (AvgIpc) is 3.74. The molecule has 8 aromatic carbocycles. The molecule has 1 aliphatic heterocycles. The van der Waals surface area contributed by atoms with Crippen LogP contribution in [0.2, 0.25) is 0 Å². The van der Waals surface area contributed by atoms with Gasteiger partial charge in [0.2, 0.25) is 0 Å². The van der Waals surface area contributed by atoms with Crippen molar-refractivity contribution in [3.63, 3.8) is 0 Å². The number of nitrogens with zero attached hydrogens (tertiary/aromatic N) is 4. The molecule has 0 saturated heterocycles. The zero-order valence-electron chi connectivity index (χ0n) is 32.1. The normalized spacial score (nSPS) is 12.1. The van der Waals surface area contributed by atoms with Crippen molar-refractivity contribution in [2.45, 2.75) is 6.54 Å². The molecule has 278 valence electrons. The predicted octanol–water partition coefficient (Wildman–Crippen LogP) is 13.0. The molecule has 11 rings (SSSR count). The maximum Gasteiger partial charge on any atom is 0.160 e. The Labute approximate surface area is 342 Å². The molecule has 1 N–H and O–H groups in total. The van der Waals surface area contributed by atoms with E-state index >= 15 is 0 Å². The van der Waals surface area contributed by atoms with Gasteiger partial charge in [-0.3, -0.25) is 4.57 Å². The van der Waals surface area contributed by atoms with Crippen molar-refractivity contribution in [3.05, 3.63) is 211 Å². The predicted molar refractivity (Wildman–Crippen MR) is 243 cm³/mol. The lowest BCUT2D eigenvalue weighted by Crippen LogP contribution is -2.12. The maximum atomic E-state index is 5.38. The summed E-state index contributed by atoms with van der Waals surface area (Å²) in [6, 6.07) is 68.1. The van der Waals surface area contributed by atoms with E-state index in [-0.39, 0.29) is 0 Å². The van der Waals surface area contributed by atoms with Crippen LogP contribution < -0.4 is 5.32 Å². The van der Waals surface area contributed by atoms with E-state index in [0.29, 0.717) is 5.82 Å². The Kier molecular flexibility index (Phi) is 8.48. The summed E-state index contributed by atoms with van der Waals surface area (Å²) >= 11 is 0. The molecule has 1 aliphatic rings. The smallest absolute Gasteiger partial charge is 0.160 e. The Morgan fingerprint density at radius 1 is 0.424 bits per heavy atom. The molecule has 0 bridgehead atoms. The summed E-state index contributed by atoms with van der Waals surface area (Å²) < 4.78 is 2.34. The number of hydrogen-bond acceptors (Lipinski definition) is 4. The van der Waals surface area contributed by atoms with Crippen LogP contribution >= 0.6 is 0 Å². The first kappa shape index (κ1) is 34.4. The van der Waals surface area contributed by atoms with Gasteiger partial charge in [0.1, 0.15) is 5.82 Å². The van der Waals surface area contributed by atoms with Crippen molar-refractivity contribution >= 4 is 27.9 Å². The van der Waals surface area contributed by atoms with E-state index in [1.54, 1.807) is 0 Å². The SMILES string of the molecule is C1=Cc2c(c3c(nc(-c4ccccc4)n3-c3ccc(-c4ccc(-c5cc(-c6ccc(-c7ccccc7)cc6)nc(-c6ccccc6)n5)cc4)cc3)c3ccccc23)CN1. The third-order valence-electron chi connectivity index (χ3n) is 11.3. The standard InChI is InChI=1S/C54H37N5/c1-4-12-36(13-5-1)37-20-24-40(25-21-37)49-34-50(57-53(56-49)42-14-6-2-7-15-42)41-26-22-38(23-27-41)39-28-30-44(31-29-39)59-52-48-35-55-33-32-46(48)45-18-10-11-19-47(45)51(52)58-54(59)43-16-8-3-9-17-43/h1-34,55H,35H2. The molecule has 0 unspecified atom stereocenters. The molecule has 0 radical (unpaired) electrons. The molecule has 10 aromatic rings. The quantitative estimate of drug-likeness (QED) is 0.176. The molecule has 59 heavy (non-hydrogen) atoms. The summed E-state index contributed by atoms with van der Waals surface area (Å²) in [6.45, 7) is 0.735. The highest BCUT2D eigenvalue weighted by Crippen LogP contribution is 2.40. The molecule has 0 atom stereocenters. The van der Waals surface area contributed by atoms with Crippen molar-refractivity contribution < 1.29 is 0 Å². The van der Waals surface area contributed by atoms with Gasteiger partial charge in [0.15, 0.2) is 5.82 Å². The highest BCUT2D eigenvalue weighted by atomic mass is 15.1. The van der Waals surface area contributed by atoms with Crippen LogP contribution in [0.1, 0.15) is 11.1 Å². The van der Waals surface area contributed by atoms with Crippen LogP contribution in [0.4, 0.5) is 0 Å². The molecular formula is C54H37N5. The van der Waals surface area contributed by atoms with Crippen molar-refractivity contribution in [3.8, 4) is 73.2 Å². The number of benzene rings is 8. The molecule has 0 aliphatic carbocycles. The van der Waals surface area contributed by atoms with E-state index in [1.165, 1.54) is 27.6 Å². The first-order chi connectivity index (χ1) is 29.2. The number of rotatable bonds is 7. The first-order valence-electron chi connectivity index (χ1n) is 20.0. The van der Waals surface area contributed by atoms with Gasteiger partial charge in [-0.05, 0) is 63.7 Å². The van der Waals surface area contributed by atoms with Crippen LogP contribution in [0, 0.1) is 0 Å². The second-order valence-corrected chi connectivity index (χ2v) is 14.9. The number of imidazole rings is 1. The Balaban J connectivity index is 0.964. The van der Waals surface area contributed by atoms with Crippen molar-refractivity contribution in [2.24, 2.45) is 0 Å². The number of aromatic nitrogens is 4. The summed E-state index contributed by atoms with van der Waals surface area (Å²) in [7, 11) is 0. The summed E-state index contributed by atoms with van der Waals surface area (Å²) in [5, 5.41) is 5.86. The van der Waals surface area contributed by atoms with Gasteiger partial charge < -0.3 is 5.32 Å². The van der Waals surface area contributed by atoms with Gasteiger partial charge in [0.05, 0.1) is 22.4 Å². The van der Waals surface area contributed by atoms with Gasteiger partial charge in [0.25, 0.3) is 0 Å². The molecule has 2 aromatic heterocycles. The van der Waals surface area contributed by atoms with Gasteiger partial charge >= 0.3 is 0 Å². The van der Waals surface area contributed by atoms with Crippen molar-refractivity contribution in [1.29, 1.82) is 0 Å². The Morgan fingerprint density at radius 2 is 0.898 bits per heavy atom. The topological polar surface area (TPSA) is 55.6 Å². The summed E-state index contributed by atoms with van der Waals surface area (Å²) in [5.74, 6) is 1.63. The van der Waals surface area contributed by atoms with Crippen LogP contribution in [0.5, 0.6) is 0 Å². The lowest BCUT2D eigenvalue weighted by molar-refractivity contribution is 0.862. The van der Waals surface area contributed by atoms with Crippen LogP contribution in [0.25, 0.3) is 101 Å². The zero-order chi connectivity index (χ0) is 39.1. The fraction of sp³-hybridized carbons (Fsp3) is 0.0185. The molecule has 0 spiro atoms. The average molecular weight is 756 g/mol. The third kappa shape index (κ3) is 6.26. The molecule has 0 saturated carbocycles. The van der Waals surface area contributed by atoms with Gasteiger partial charge in [-0.25, -0.2) is 15.0 Å². The van der Waals surface area contributed by atoms with E-state index in [9.17, 15) is 0 Å². The summed E-state index contributed by atoms with van der Waals surface area (Å²) in [4.78, 5) is 15.5. The summed E-state index contributed by atoms with van der Waals surface area (Å²) in [6.07, 6.45) is 4.25. The monoisotopic (exact) mass is 755 g/mol. The van der Waals surface area contributed by atoms with Gasteiger partial charge in [0, 0.05) is 45.4 Å². The second-order valence-electron chi connectivity index (χ2n) is 14.9. The number of hydrogen-bond donors (Lipinski definition) is 1. The number of nitrogens with one attached hydrogen (secondary N) is 1. The zero-order valence-corrected chi connectivity index (χ0v) is 32.1. The largest absolute Gasteiger partial charge is 0.387 e. The minimum Gasteiger partial charge on any atom is -0.387 e. The molecule has 0 fully saturated rings. The Bertz CT molecular complexity index is 3150. The van der Waals surface area contributed by atoms with Crippen LogP contribution in [0.3, 0.4) is 0 Å². The highest BCUT2D eigenvalue weighted by Gasteiger charge is 2.23. The van der Waals surface area contributed by atoms with Gasteiger partial charge in [-0.15, -0.1) is 0 Å². The van der Waals surface area contributed by atoms with E-state index in [0.717, 1.165) is 79.2 Å². The molecule has 3 heterocycles. The highest BCUT2D eigenvalue weighted by molar-refractivity contribution is 6.11. The van der Waals surface area contributed by atoms with Gasteiger partial charge in [-0.2, -0.15) is 0 Å². The van der Waals surface area contributed by atoms with E-state index in [2.05, 4.69) is 192 Å². The van der Waals surface area contributed by atoms with E-state index < -0.39 is 0 Å². The molecule has 5 heteroatoms. The van der Waals surface area contributed by atoms with E-state index in [1.807, 2.05) is 24.3 Å². The second kappa shape index (κ2) is 14.6. The van der Waals surface area contributed by atoms with Crippen LogP contribution in [0.15, 0.2) is 200 Å². The van der Waals surface area contributed by atoms with E-state index in [4.69, 9.17) is 15.0 Å². The molecule has 5 nitrogen and oxygen atoms in total. The molecule has 0 amide bonds.